The minimum Gasteiger partial charge on any atom is -0.425 e. The largest absolute Gasteiger partial charge is 0.425 e. The SMILES string of the molecule is CC(C)N=c1oc2ccc(Cl)cc2c(=O)n1C(C)C. The predicted octanol–water partition coefficient (Wildman–Crippen LogP) is 3.14. The van der Waals surface area contributed by atoms with Gasteiger partial charge in [-0.25, -0.2) is 4.99 Å². The van der Waals surface area contributed by atoms with E-state index in [1.54, 1.807) is 22.8 Å². The van der Waals surface area contributed by atoms with Gasteiger partial charge in [0.25, 0.3) is 5.56 Å². The summed E-state index contributed by atoms with van der Waals surface area (Å²) in [4.78, 5) is 16.9. The van der Waals surface area contributed by atoms with Crippen LogP contribution in [0.15, 0.2) is 32.4 Å². The summed E-state index contributed by atoms with van der Waals surface area (Å²) in [6, 6.07) is 5.05. The molecule has 0 N–H and O–H groups in total. The first-order chi connectivity index (χ1) is 8.90. The topological polar surface area (TPSA) is 47.5 Å². The van der Waals surface area contributed by atoms with Gasteiger partial charge in [-0.3, -0.25) is 9.36 Å². The van der Waals surface area contributed by atoms with E-state index in [9.17, 15) is 4.79 Å². The number of nitrogens with zero attached hydrogens (tertiary/aromatic N) is 2. The third-order valence-corrected chi connectivity index (χ3v) is 2.92. The predicted molar refractivity (Wildman–Crippen MR) is 76.6 cm³/mol. The average Bonchev–Trinajstić information content (AvgIpc) is 2.29. The van der Waals surface area contributed by atoms with Crippen molar-refractivity contribution in [1.82, 2.24) is 4.57 Å². The molecule has 1 aromatic carbocycles. The molecule has 0 saturated heterocycles. The zero-order valence-corrected chi connectivity index (χ0v) is 12.2. The van der Waals surface area contributed by atoms with Gasteiger partial charge in [-0.15, -0.1) is 0 Å². The smallest absolute Gasteiger partial charge is 0.300 e. The highest BCUT2D eigenvalue weighted by Gasteiger charge is 2.11. The molecule has 102 valence electrons. The first-order valence-corrected chi connectivity index (χ1v) is 6.66. The molecule has 1 aromatic heterocycles. The van der Waals surface area contributed by atoms with E-state index in [0.29, 0.717) is 21.7 Å². The molecule has 0 saturated carbocycles. The summed E-state index contributed by atoms with van der Waals surface area (Å²) >= 11 is 5.93. The fourth-order valence-corrected chi connectivity index (χ4v) is 2.06. The summed E-state index contributed by atoms with van der Waals surface area (Å²) in [5, 5.41) is 0.993. The Hall–Kier alpha value is -1.55. The molecule has 5 heteroatoms. The molecule has 19 heavy (non-hydrogen) atoms. The zero-order chi connectivity index (χ0) is 14.2. The van der Waals surface area contributed by atoms with Crippen LogP contribution in [-0.2, 0) is 0 Å². The van der Waals surface area contributed by atoms with E-state index in [0.717, 1.165) is 0 Å². The molecular formula is C14H17ClN2O2. The molecule has 2 aromatic rings. The molecule has 4 nitrogen and oxygen atoms in total. The highest BCUT2D eigenvalue weighted by molar-refractivity contribution is 6.31. The van der Waals surface area contributed by atoms with Gasteiger partial charge in [0, 0.05) is 17.1 Å². The van der Waals surface area contributed by atoms with E-state index in [1.165, 1.54) is 0 Å². The number of halogens is 1. The Labute approximate surface area is 116 Å². The van der Waals surface area contributed by atoms with Crippen molar-refractivity contribution >= 4 is 22.6 Å². The standard InChI is InChI=1S/C14H17ClN2O2/c1-8(2)16-14-17(9(3)4)13(18)11-7-10(15)5-6-12(11)19-14/h5-9H,1-4H3. The van der Waals surface area contributed by atoms with E-state index >= 15 is 0 Å². The van der Waals surface area contributed by atoms with Crippen molar-refractivity contribution in [3.05, 3.63) is 39.3 Å². The van der Waals surface area contributed by atoms with Gasteiger partial charge in [0.05, 0.1) is 5.39 Å². The van der Waals surface area contributed by atoms with Crippen LogP contribution in [0.25, 0.3) is 11.0 Å². The number of fused-ring (bicyclic) bond motifs is 1. The van der Waals surface area contributed by atoms with Crippen LogP contribution in [0, 0.1) is 0 Å². The molecule has 0 aliphatic heterocycles. The first kappa shape index (κ1) is 13.9. The molecular weight excluding hydrogens is 264 g/mol. The van der Waals surface area contributed by atoms with E-state index in [-0.39, 0.29) is 17.6 Å². The lowest BCUT2D eigenvalue weighted by atomic mass is 10.2. The lowest BCUT2D eigenvalue weighted by Crippen LogP contribution is -2.35. The Kier molecular flexibility index (Phi) is 3.80. The summed E-state index contributed by atoms with van der Waals surface area (Å²) < 4.78 is 7.29. The maximum Gasteiger partial charge on any atom is 0.300 e. The van der Waals surface area contributed by atoms with E-state index in [2.05, 4.69) is 4.99 Å². The van der Waals surface area contributed by atoms with Crippen LogP contribution in [0.3, 0.4) is 0 Å². The number of rotatable bonds is 2. The van der Waals surface area contributed by atoms with Gasteiger partial charge in [0.2, 0.25) is 0 Å². The van der Waals surface area contributed by atoms with Crippen molar-refractivity contribution in [2.24, 2.45) is 4.99 Å². The maximum atomic E-state index is 12.5. The first-order valence-electron chi connectivity index (χ1n) is 6.29. The number of hydrogen-bond acceptors (Lipinski definition) is 3. The molecule has 0 radical (unpaired) electrons. The Morgan fingerprint density at radius 1 is 1.26 bits per heavy atom. The molecule has 0 aliphatic carbocycles. The van der Waals surface area contributed by atoms with Crippen LogP contribution >= 0.6 is 11.6 Å². The van der Waals surface area contributed by atoms with Crippen LogP contribution < -0.4 is 11.2 Å². The molecule has 0 bridgehead atoms. The van der Waals surface area contributed by atoms with Crippen molar-refractivity contribution < 1.29 is 4.42 Å². The molecule has 0 fully saturated rings. The Bertz CT molecular complexity index is 726. The molecule has 0 amide bonds. The molecule has 0 spiro atoms. The second-order valence-corrected chi connectivity index (χ2v) is 5.45. The minimum atomic E-state index is -0.127. The number of aromatic nitrogens is 1. The Morgan fingerprint density at radius 3 is 2.53 bits per heavy atom. The normalized spacial score (nSPS) is 12.9. The monoisotopic (exact) mass is 280 g/mol. The second kappa shape index (κ2) is 5.21. The van der Waals surface area contributed by atoms with Crippen LogP contribution in [0.4, 0.5) is 0 Å². The minimum absolute atomic E-state index is 0.0304. The summed E-state index contributed by atoms with van der Waals surface area (Å²) in [6.07, 6.45) is 0. The fourth-order valence-electron chi connectivity index (χ4n) is 1.89. The van der Waals surface area contributed by atoms with Gasteiger partial charge in [0.1, 0.15) is 5.58 Å². The molecule has 1 heterocycles. The van der Waals surface area contributed by atoms with Crippen molar-refractivity contribution in [3.8, 4) is 0 Å². The van der Waals surface area contributed by atoms with Gasteiger partial charge in [-0.1, -0.05) is 11.6 Å². The highest BCUT2D eigenvalue weighted by atomic mass is 35.5. The van der Waals surface area contributed by atoms with Crippen LogP contribution in [0.2, 0.25) is 5.02 Å². The maximum absolute atomic E-state index is 12.5. The molecule has 0 aliphatic rings. The summed E-state index contributed by atoms with van der Waals surface area (Å²) in [5.74, 6) is 0. The van der Waals surface area contributed by atoms with Gasteiger partial charge < -0.3 is 4.42 Å². The van der Waals surface area contributed by atoms with E-state index in [1.807, 2.05) is 27.7 Å². The van der Waals surface area contributed by atoms with Crippen LogP contribution in [-0.4, -0.2) is 10.6 Å². The summed E-state index contributed by atoms with van der Waals surface area (Å²) in [6.45, 7) is 7.73. The number of hydrogen-bond donors (Lipinski definition) is 0. The van der Waals surface area contributed by atoms with Crippen molar-refractivity contribution in [1.29, 1.82) is 0 Å². The van der Waals surface area contributed by atoms with E-state index < -0.39 is 0 Å². The van der Waals surface area contributed by atoms with Gasteiger partial charge >= 0.3 is 5.68 Å². The summed E-state index contributed by atoms with van der Waals surface area (Å²) in [5.41, 5.74) is 0.730. The Morgan fingerprint density at radius 2 is 1.95 bits per heavy atom. The third-order valence-electron chi connectivity index (χ3n) is 2.68. The molecule has 2 rings (SSSR count). The summed E-state index contributed by atoms with van der Waals surface area (Å²) in [7, 11) is 0. The quantitative estimate of drug-likeness (QED) is 0.848. The fraction of sp³-hybridized carbons (Fsp3) is 0.429. The van der Waals surface area contributed by atoms with Crippen molar-refractivity contribution in [2.45, 2.75) is 39.8 Å². The van der Waals surface area contributed by atoms with Gasteiger partial charge in [-0.05, 0) is 45.9 Å². The van der Waals surface area contributed by atoms with Crippen LogP contribution in [0.5, 0.6) is 0 Å². The van der Waals surface area contributed by atoms with E-state index in [4.69, 9.17) is 16.0 Å². The van der Waals surface area contributed by atoms with Gasteiger partial charge in [-0.2, -0.15) is 0 Å². The molecule has 0 atom stereocenters. The third kappa shape index (κ3) is 2.73. The van der Waals surface area contributed by atoms with Crippen molar-refractivity contribution in [2.75, 3.05) is 0 Å². The zero-order valence-electron chi connectivity index (χ0n) is 11.5. The molecule has 0 unspecified atom stereocenters. The van der Waals surface area contributed by atoms with Crippen molar-refractivity contribution in [3.63, 3.8) is 0 Å². The highest BCUT2D eigenvalue weighted by Crippen LogP contribution is 2.15. The van der Waals surface area contributed by atoms with Gasteiger partial charge in [0.15, 0.2) is 0 Å². The number of benzene rings is 1. The Balaban J connectivity index is 2.94. The average molecular weight is 281 g/mol. The lowest BCUT2D eigenvalue weighted by molar-refractivity contribution is 0.400. The lowest BCUT2D eigenvalue weighted by Gasteiger charge is -2.11. The van der Waals surface area contributed by atoms with Crippen LogP contribution in [0.1, 0.15) is 33.7 Å². The second-order valence-electron chi connectivity index (χ2n) is 5.02.